The van der Waals surface area contributed by atoms with Crippen molar-refractivity contribution in [1.82, 2.24) is 0 Å². The summed E-state index contributed by atoms with van der Waals surface area (Å²) in [6, 6.07) is 0. The molecule has 2 aliphatic carbocycles. The SMILES string of the molecule is CC(C)(O)CCC[C@](C)(CC#CC(O)(C(F)(F)F)C(F)(F)F)CC1CCC2C(=O)CCC[C@]12C. The maximum absolute atomic E-state index is 13.0. The molecule has 2 fully saturated rings. The Bertz CT molecular complexity index is 787. The van der Waals surface area contributed by atoms with Gasteiger partial charge in [0.1, 0.15) is 5.78 Å². The molecule has 0 radical (unpaired) electrons. The van der Waals surface area contributed by atoms with E-state index in [0.29, 0.717) is 32.1 Å². The Hall–Kier alpha value is -1.27. The number of halogens is 6. The standard InChI is InChI=1S/C25H36F6O3/c1-20(2,33)11-6-12-21(3,13-7-15-23(34,24(26,27)28)25(29,30)31)16-17-9-10-18-19(32)8-5-14-22(17,18)4/h17-18,33-34H,5-6,8-14,16H2,1-4H3/t17?,18?,21-,22-/m1/s1. The van der Waals surface area contributed by atoms with Gasteiger partial charge in [0.2, 0.25) is 0 Å². The van der Waals surface area contributed by atoms with Gasteiger partial charge in [-0.25, -0.2) is 0 Å². The highest BCUT2D eigenvalue weighted by atomic mass is 19.4. The van der Waals surface area contributed by atoms with Crippen LogP contribution in [0, 0.1) is 34.5 Å². The van der Waals surface area contributed by atoms with Crippen LogP contribution in [0.5, 0.6) is 0 Å². The highest BCUT2D eigenvalue weighted by molar-refractivity contribution is 5.83. The van der Waals surface area contributed by atoms with Gasteiger partial charge in [0, 0.05) is 18.8 Å². The summed E-state index contributed by atoms with van der Waals surface area (Å²) in [7, 11) is 0. The van der Waals surface area contributed by atoms with Crippen LogP contribution in [-0.4, -0.2) is 39.6 Å². The Morgan fingerprint density at radius 1 is 1.00 bits per heavy atom. The van der Waals surface area contributed by atoms with Crippen molar-refractivity contribution in [3.05, 3.63) is 0 Å². The van der Waals surface area contributed by atoms with Gasteiger partial charge in [-0.2, -0.15) is 26.3 Å². The molecule has 0 aromatic heterocycles. The van der Waals surface area contributed by atoms with E-state index in [1.807, 2.05) is 5.92 Å². The van der Waals surface area contributed by atoms with Gasteiger partial charge in [0.05, 0.1) is 5.60 Å². The summed E-state index contributed by atoms with van der Waals surface area (Å²) in [5.74, 6) is 3.39. The van der Waals surface area contributed by atoms with Crippen molar-refractivity contribution in [1.29, 1.82) is 0 Å². The first-order valence-corrected chi connectivity index (χ1v) is 11.9. The van der Waals surface area contributed by atoms with Crippen LogP contribution in [0.25, 0.3) is 0 Å². The molecule has 9 heteroatoms. The van der Waals surface area contributed by atoms with Crippen molar-refractivity contribution in [2.45, 2.75) is 115 Å². The van der Waals surface area contributed by atoms with E-state index in [4.69, 9.17) is 0 Å². The average molecular weight is 499 g/mol. The van der Waals surface area contributed by atoms with Crippen LogP contribution in [-0.2, 0) is 4.79 Å². The third-order valence-electron chi connectivity index (χ3n) is 7.97. The van der Waals surface area contributed by atoms with Gasteiger partial charge >= 0.3 is 18.0 Å². The Morgan fingerprint density at radius 3 is 2.12 bits per heavy atom. The van der Waals surface area contributed by atoms with E-state index in [-0.39, 0.29) is 29.5 Å². The molecular weight excluding hydrogens is 462 g/mol. The molecule has 2 aliphatic rings. The highest BCUT2D eigenvalue weighted by Gasteiger charge is 2.70. The Balaban J connectivity index is 2.29. The first-order chi connectivity index (χ1) is 15.2. The molecule has 0 amide bonds. The number of alkyl halides is 6. The zero-order valence-electron chi connectivity index (χ0n) is 20.3. The van der Waals surface area contributed by atoms with Crippen molar-refractivity contribution >= 4 is 5.78 Å². The third-order valence-corrected chi connectivity index (χ3v) is 7.97. The fourth-order valence-corrected chi connectivity index (χ4v) is 5.87. The van der Waals surface area contributed by atoms with Crippen molar-refractivity contribution in [3.63, 3.8) is 0 Å². The van der Waals surface area contributed by atoms with Crippen LogP contribution in [0.3, 0.4) is 0 Å². The van der Waals surface area contributed by atoms with E-state index in [1.165, 1.54) is 0 Å². The van der Waals surface area contributed by atoms with Crippen LogP contribution < -0.4 is 0 Å². The second-order valence-corrected chi connectivity index (χ2v) is 11.5. The van der Waals surface area contributed by atoms with Gasteiger partial charge in [-0.1, -0.05) is 26.2 Å². The lowest BCUT2D eigenvalue weighted by atomic mass is 9.61. The number of fused-ring (bicyclic) bond motifs is 1. The summed E-state index contributed by atoms with van der Waals surface area (Å²) in [5, 5.41) is 19.4. The molecule has 196 valence electrons. The van der Waals surface area contributed by atoms with Crippen LogP contribution in [0.15, 0.2) is 0 Å². The van der Waals surface area contributed by atoms with Gasteiger partial charge < -0.3 is 10.2 Å². The highest BCUT2D eigenvalue weighted by Crippen LogP contribution is 2.58. The smallest absolute Gasteiger partial charge is 0.390 e. The van der Waals surface area contributed by atoms with E-state index >= 15 is 0 Å². The molecule has 34 heavy (non-hydrogen) atoms. The van der Waals surface area contributed by atoms with Gasteiger partial charge in [-0.15, -0.1) is 0 Å². The number of rotatable bonds is 7. The molecule has 0 heterocycles. The molecule has 0 bridgehead atoms. The minimum atomic E-state index is -5.98. The Kier molecular flexibility index (Phi) is 8.22. The largest absolute Gasteiger partial charge is 0.438 e. The zero-order chi connectivity index (χ0) is 26.2. The van der Waals surface area contributed by atoms with Gasteiger partial charge in [0.15, 0.2) is 0 Å². The van der Waals surface area contributed by atoms with Gasteiger partial charge in [-0.3, -0.25) is 4.79 Å². The molecule has 2 unspecified atom stereocenters. The lowest BCUT2D eigenvalue weighted by molar-refractivity contribution is -0.343. The van der Waals surface area contributed by atoms with Crippen LogP contribution >= 0.6 is 0 Å². The van der Waals surface area contributed by atoms with Crippen molar-refractivity contribution in [3.8, 4) is 11.8 Å². The molecule has 0 saturated heterocycles. The summed E-state index contributed by atoms with van der Waals surface area (Å²) in [4.78, 5) is 12.5. The molecule has 0 aliphatic heterocycles. The second-order valence-electron chi connectivity index (χ2n) is 11.5. The number of hydrogen-bond acceptors (Lipinski definition) is 3. The summed E-state index contributed by atoms with van der Waals surface area (Å²) in [6.07, 6.45) is -6.66. The molecule has 2 N–H and O–H groups in total. The fraction of sp³-hybridized carbons (Fsp3) is 0.880. The summed E-state index contributed by atoms with van der Waals surface area (Å²) >= 11 is 0. The number of aliphatic hydroxyl groups is 2. The molecule has 0 aromatic carbocycles. The molecule has 0 spiro atoms. The number of Topliss-reactive ketones (excluding diaryl/α,β-unsaturated/α-hetero) is 1. The zero-order valence-corrected chi connectivity index (χ0v) is 20.3. The lowest BCUT2D eigenvalue weighted by Gasteiger charge is -2.43. The number of ketones is 1. The van der Waals surface area contributed by atoms with E-state index in [2.05, 4.69) is 6.92 Å². The molecule has 4 atom stereocenters. The van der Waals surface area contributed by atoms with E-state index in [9.17, 15) is 41.4 Å². The normalized spacial score (nSPS) is 28.2. The summed E-state index contributed by atoms with van der Waals surface area (Å²) in [5.41, 5.74) is -7.02. The lowest BCUT2D eigenvalue weighted by Crippen LogP contribution is -2.55. The minimum absolute atomic E-state index is 0.0569. The average Bonchev–Trinajstić information content (AvgIpc) is 2.96. The van der Waals surface area contributed by atoms with E-state index < -0.39 is 29.0 Å². The summed E-state index contributed by atoms with van der Waals surface area (Å²) in [6.45, 7) is 7.12. The number of hydrogen-bond donors (Lipinski definition) is 2. The topological polar surface area (TPSA) is 57.5 Å². The Labute approximate surface area is 197 Å². The Morgan fingerprint density at radius 2 is 1.59 bits per heavy atom. The predicted molar refractivity (Wildman–Crippen MR) is 116 cm³/mol. The van der Waals surface area contributed by atoms with Crippen LogP contribution in [0.4, 0.5) is 26.3 Å². The third kappa shape index (κ3) is 6.29. The number of carbonyl (C=O) groups is 1. The molecular formula is C25H36F6O3. The van der Waals surface area contributed by atoms with Crippen molar-refractivity contribution < 1.29 is 41.4 Å². The van der Waals surface area contributed by atoms with E-state index in [0.717, 1.165) is 31.6 Å². The van der Waals surface area contributed by atoms with Crippen molar-refractivity contribution in [2.75, 3.05) is 0 Å². The van der Waals surface area contributed by atoms with E-state index in [1.54, 1.807) is 20.8 Å². The predicted octanol–water partition coefficient (Wildman–Crippen LogP) is 6.36. The molecule has 0 aromatic rings. The first-order valence-electron chi connectivity index (χ1n) is 11.9. The van der Waals surface area contributed by atoms with Gasteiger partial charge in [0.25, 0.3) is 0 Å². The van der Waals surface area contributed by atoms with Crippen LogP contribution in [0.1, 0.15) is 91.9 Å². The monoisotopic (exact) mass is 498 g/mol. The second kappa shape index (κ2) is 9.65. The number of carbonyl (C=O) groups excluding carboxylic acids is 1. The quantitative estimate of drug-likeness (QED) is 0.317. The molecule has 3 nitrogen and oxygen atoms in total. The fourth-order valence-electron chi connectivity index (χ4n) is 5.87. The van der Waals surface area contributed by atoms with Crippen molar-refractivity contribution in [2.24, 2.45) is 22.7 Å². The summed E-state index contributed by atoms with van der Waals surface area (Å²) < 4.78 is 78.1. The minimum Gasteiger partial charge on any atom is -0.390 e. The molecule has 2 rings (SSSR count). The maximum atomic E-state index is 13.0. The maximum Gasteiger partial charge on any atom is 0.438 e. The molecule has 2 saturated carbocycles. The van der Waals surface area contributed by atoms with Crippen LogP contribution in [0.2, 0.25) is 0 Å². The van der Waals surface area contributed by atoms with Gasteiger partial charge in [-0.05, 0) is 81.5 Å². The first kappa shape index (κ1) is 29.0.